The van der Waals surface area contributed by atoms with Crippen LogP contribution in [0.25, 0.3) is 11.1 Å². The summed E-state index contributed by atoms with van der Waals surface area (Å²) in [5, 5.41) is 4.11. The molecule has 3 rings (SSSR count). The Morgan fingerprint density at radius 2 is 1.70 bits per heavy atom. The molecule has 2 aromatic carbocycles. The Hall–Kier alpha value is -2.88. The Labute approximate surface area is 135 Å². The van der Waals surface area contributed by atoms with E-state index in [2.05, 4.69) is 5.10 Å². The quantitative estimate of drug-likeness (QED) is 0.514. The van der Waals surface area contributed by atoms with Crippen LogP contribution in [0, 0.1) is 0 Å². The first-order chi connectivity index (χ1) is 11.3. The lowest BCUT2D eigenvalue weighted by Gasteiger charge is -2.06. The van der Waals surface area contributed by atoms with Gasteiger partial charge in [-0.3, -0.25) is 4.68 Å². The third-order valence-corrected chi connectivity index (χ3v) is 3.55. The zero-order chi connectivity index (χ0) is 15.9. The molecule has 0 N–H and O–H groups in total. The Bertz CT molecular complexity index is 735. The van der Waals surface area contributed by atoms with Crippen LogP contribution in [0.4, 0.5) is 0 Å². The topological polar surface area (TPSA) is 44.1 Å². The Morgan fingerprint density at radius 3 is 2.39 bits per heavy atom. The van der Waals surface area contributed by atoms with Gasteiger partial charge in [-0.1, -0.05) is 42.5 Å². The Morgan fingerprint density at radius 1 is 0.957 bits per heavy atom. The molecular weight excluding hydrogens is 288 g/mol. The van der Waals surface area contributed by atoms with E-state index in [0.717, 1.165) is 24.1 Å². The van der Waals surface area contributed by atoms with Crippen molar-refractivity contribution in [1.29, 1.82) is 0 Å². The van der Waals surface area contributed by atoms with E-state index >= 15 is 0 Å². The molecule has 0 atom stereocenters. The van der Waals surface area contributed by atoms with Crippen LogP contribution in [0.5, 0.6) is 0 Å². The second-order valence-corrected chi connectivity index (χ2v) is 5.20. The molecule has 116 valence electrons. The highest BCUT2D eigenvalue weighted by Gasteiger charge is 2.07. The molecule has 0 bridgehead atoms. The lowest BCUT2D eigenvalue weighted by Crippen LogP contribution is -2.09. The van der Waals surface area contributed by atoms with Gasteiger partial charge in [0.1, 0.15) is 0 Å². The summed E-state index contributed by atoms with van der Waals surface area (Å²) in [6, 6.07) is 19.4. The average molecular weight is 306 g/mol. The van der Waals surface area contributed by atoms with E-state index in [0.29, 0.717) is 12.2 Å². The second kappa shape index (κ2) is 7.40. The number of carbonyl (C=O) groups excluding carboxylic acids is 1. The number of aromatic nitrogens is 2. The van der Waals surface area contributed by atoms with Crippen molar-refractivity contribution >= 4 is 5.97 Å². The SMILES string of the molecule is O=C(OCCCn1cccn1)c1ccc(-c2ccccc2)cc1. The van der Waals surface area contributed by atoms with Gasteiger partial charge in [0, 0.05) is 25.4 Å². The largest absolute Gasteiger partial charge is 0.462 e. The zero-order valence-corrected chi connectivity index (χ0v) is 12.8. The Kier molecular flexibility index (Phi) is 4.84. The summed E-state index contributed by atoms with van der Waals surface area (Å²) in [7, 11) is 0. The standard InChI is InChI=1S/C19H18N2O2/c22-19(23-15-5-14-21-13-4-12-20-21)18-10-8-17(9-11-18)16-6-2-1-3-7-16/h1-4,6-13H,5,14-15H2. The van der Waals surface area contributed by atoms with Gasteiger partial charge in [-0.2, -0.15) is 5.10 Å². The molecule has 0 aliphatic carbocycles. The van der Waals surface area contributed by atoms with Crippen molar-refractivity contribution in [2.45, 2.75) is 13.0 Å². The predicted molar refractivity (Wildman–Crippen MR) is 89.0 cm³/mol. The lowest BCUT2D eigenvalue weighted by molar-refractivity contribution is 0.0495. The number of ether oxygens (including phenoxy) is 1. The van der Waals surface area contributed by atoms with E-state index in [4.69, 9.17) is 4.74 Å². The summed E-state index contributed by atoms with van der Waals surface area (Å²) in [6.07, 6.45) is 4.37. The molecule has 0 fully saturated rings. The summed E-state index contributed by atoms with van der Waals surface area (Å²) in [4.78, 5) is 12.0. The molecule has 1 heterocycles. The summed E-state index contributed by atoms with van der Waals surface area (Å²) in [5.74, 6) is -0.287. The highest BCUT2D eigenvalue weighted by atomic mass is 16.5. The molecule has 4 heteroatoms. The summed E-state index contributed by atoms with van der Waals surface area (Å²) < 4.78 is 7.11. The van der Waals surface area contributed by atoms with Crippen molar-refractivity contribution in [3.63, 3.8) is 0 Å². The lowest BCUT2D eigenvalue weighted by atomic mass is 10.0. The maximum absolute atomic E-state index is 12.0. The fourth-order valence-electron chi connectivity index (χ4n) is 2.34. The summed E-state index contributed by atoms with van der Waals surface area (Å²) in [6.45, 7) is 1.13. The number of esters is 1. The molecule has 4 nitrogen and oxygen atoms in total. The first-order valence-corrected chi connectivity index (χ1v) is 7.63. The maximum atomic E-state index is 12.0. The number of benzene rings is 2. The molecule has 0 amide bonds. The molecule has 0 saturated carbocycles. The van der Waals surface area contributed by atoms with Gasteiger partial charge in [-0.05, 0) is 29.3 Å². The molecule has 0 aliphatic heterocycles. The van der Waals surface area contributed by atoms with Gasteiger partial charge in [0.05, 0.1) is 12.2 Å². The molecule has 0 aliphatic rings. The normalized spacial score (nSPS) is 10.4. The molecule has 0 unspecified atom stereocenters. The minimum absolute atomic E-state index is 0.287. The van der Waals surface area contributed by atoms with Crippen molar-refractivity contribution < 1.29 is 9.53 Å². The van der Waals surface area contributed by atoms with Crippen molar-refractivity contribution in [1.82, 2.24) is 9.78 Å². The van der Waals surface area contributed by atoms with Crippen LogP contribution in [0.15, 0.2) is 73.1 Å². The number of carbonyl (C=O) groups is 1. The van der Waals surface area contributed by atoms with Crippen LogP contribution in [0.2, 0.25) is 0 Å². The minimum atomic E-state index is -0.287. The zero-order valence-electron chi connectivity index (χ0n) is 12.8. The van der Waals surface area contributed by atoms with Crippen LogP contribution in [0.1, 0.15) is 16.8 Å². The highest BCUT2D eigenvalue weighted by Crippen LogP contribution is 2.19. The maximum Gasteiger partial charge on any atom is 0.338 e. The van der Waals surface area contributed by atoms with Crippen LogP contribution in [-0.4, -0.2) is 22.4 Å². The Balaban J connectivity index is 1.51. The number of rotatable bonds is 6. The predicted octanol–water partition coefficient (Wildman–Crippen LogP) is 3.80. The molecule has 1 aromatic heterocycles. The highest BCUT2D eigenvalue weighted by molar-refractivity contribution is 5.90. The van der Waals surface area contributed by atoms with Gasteiger partial charge < -0.3 is 4.74 Å². The van der Waals surface area contributed by atoms with Gasteiger partial charge in [0.25, 0.3) is 0 Å². The number of nitrogens with zero attached hydrogens (tertiary/aromatic N) is 2. The fourth-order valence-corrected chi connectivity index (χ4v) is 2.34. The monoisotopic (exact) mass is 306 g/mol. The third kappa shape index (κ3) is 4.07. The van der Waals surface area contributed by atoms with Crippen LogP contribution in [-0.2, 0) is 11.3 Å². The molecule has 0 saturated heterocycles. The van der Waals surface area contributed by atoms with Crippen molar-refractivity contribution in [3.05, 3.63) is 78.6 Å². The van der Waals surface area contributed by atoms with Gasteiger partial charge in [-0.25, -0.2) is 4.79 Å². The average Bonchev–Trinajstić information content (AvgIpc) is 3.13. The summed E-state index contributed by atoms with van der Waals surface area (Å²) >= 11 is 0. The van der Waals surface area contributed by atoms with Crippen LogP contribution < -0.4 is 0 Å². The first-order valence-electron chi connectivity index (χ1n) is 7.63. The fraction of sp³-hybridized carbons (Fsp3) is 0.158. The van der Waals surface area contributed by atoms with Gasteiger partial charge in [0.2, 0.25) is 0 Å². The second-order valence-electron chi connectivity index (χ2n) is 5.20. The third-order valence-electron chi connectivity index (χ3n) is 3.55. The van der Waals surface area contributed by atoms with Crippen molar-refractivity contribution in [2.24, 2.45) is 0 Å². The molecule has 3 aromatic rings. The van der Waals surface area contributed by atoms with Gasteiger partial charge in [0.15, 0.2) is 0 Å². The van der Waals surface area contributed by atoms with Crippen LogP contribution in [0.3, 0.4) is 0 Å². The number of aryl methyl sites for hydroxylation is 1. The minimum Gasteiger partial charge on any atom is -0.462 e. The van der Waals surface area contributed by atoms with E-state index in [1.54, 1.807) is 18.3 Å². The molecular formula is C19H18N2O2. The molecule has 0 spiro atoms. The number of hydrogen-bond acceptors (Lipinski definition) is 3. The molecule has 0 radical (unpaired) electrons. The molecule has 23 heavy (non-hydrogen) atoms. The van der Waals surface area contributed by atoms with Crippen molar-refractivity contribution in [2.75, 3.05) is 6.61 Å². The smallest absolute Gasteiger partial charge is 0.338 e. The van der Waals surface area contributed by atoms with E-state index < -0.39 is 0 Å². The van der Waals surface area contributed by atoms with Gasteiger partial charge >= 0.3 is 5.97 Å². The van der Waals surface area contributed by atoms with E-state index in [1.807, 2.05) is 59.4 Å². The van der Waals surface area contributed by atoms with E-state index in [-0.39, 0.29) is 5.97 Å². The summed E-state index contributed by atoms with van der Waals surface area (Å²) in [5.41, 5.74) is 2.79. The van der Waals surface area contributed by atoms with E-state index in [1.165, 1.54) is 0 Å². The van der Waals surface area contributed by atoms with E-state index in [9.17, 15) is 4.79 Å². The van der Waals surface area contributed by atoms with Gasteiger partial charge in [-0.15, -0.1) is 0 Å². The van der Waals surface area contributed by atoms with Crippen molar-refractivity contribution in [3.8, 4) is 11.1 Å². The number of hydrogen-bond donors (Lipinski definition) is 0. The first kappa shape index (κ1) is 15.0. The van der Waals surface area contributed by atoms with Crippen LogP contribution >= 0.6 is 0 Å².